The van der Waals surface area contributed by atoms with Gasteiger partial charge in [-0.3, -0.25) is 9.59 Å². The molecule has 3 N–H and O–H groups in total. The Morgan fingerprint density at radius 3 is 2.38 bits per heavy atom. The second kappa shape index (κ2) is 9.35. The van der Waals surface area contributed by atoms with Crippen molar-refractivity contribution in [3.63, 3.8) is 0 Å². The predicted octanol–water partition coefficient (Wildman–Crippen LogP) is 5.52. The van der Waals surface area contributed by atoms with E-state index in [1.165, 1.54) is 18.4 Å². The normalized spacial score (nSPS) is 11.2. The van der Waals surface area contributed by atoms with Gasteiger partial charge in [-0.2, -0.15) is 0 Å². The maximum atomic E-state index is 12.3. The zero-order valence-electron chi connectivity index (χ0n) is 19.0. The van der Waals surface area contributed by atoms with Gasteiger partial charge in [-0.1, -0.05) is 67.9 Å². The number of aryl methyl sites for hydroxylation is 1. The van der Waals surface area contributed by atoms with E-state index in [1.54, 1.807) is 6.20 Å². The van der Waals surface area contributed by atoms with E-state index in [2.05, 4.69) is 51.8 Å². The van der Waals surface area contributed by atoms with Gasteiger partial charge in [-0.25, -0.2) is 4.98 Å². The van der Waals surface area contributed by atoms with Crippen molar-refractivity contribution < 1.29 is 0 Å². The van der Waals surface area contributed by atoms with Gasteiger partial charge in [-0.05, 0) is 35.6 Å². The molecule has 3 aromatic carbocycles. The number of H-pyrrole nitrogens is 1. The topological polar surface area (TPSA) is 86.9 Å². The highest BCUT2D eigenvalue weighted by molar-refractivity contribution is 5.96. The number of hydrogen-bond donors (Lipinski definition) is 3. The Kier molecular flexibility index (Phi) is 5.95. The van der Waals surface area contributed by atoms with Crippen molar-refractivity contribution in [3.8, 4) is 11.1 Å². The maximum Gasteiger partial charge on any atom is 0.253 e. The third kappa shape index (κ3) is 4.22. The Hall–Kier alpha value is -4.19. The zero-order chi connectivity index (χ0) is 23.5. The van der Waals surface area contributed by atoms with E-state index >= 15 is 0 Å². The molecule has 0 spiro atoms. The third-order valence-electron chi connectivity index (χ3n) is 6.12. The smallest absolute Gasteiger partial charge is 0.253 e. The summed E-state index contributed by atoms with van der Waals surface area (Å²) in [6.45, 7) is 2.66. The van der Waals surface area contributed by atoms with Gasteiger partial charge in [0.15, 0.2) is 0 Å². The van der Waals surface area contributed by atoms with Gasteiger partial charge in [0.05, 0.1) is 5.69 Å². The minimum Gasteiger partial charge on any atom is -0.376 e. The second-order valence-electron chi connectivity index (χ2n) is 8.50. The average molecular weight is 451 g/mol. The van der Waals surface area contributed by atoms with Gasteiger partial charge in [-0.15, -0.1) is 0 Å². The largest absolute Gasteiger partial charge is 0.376 e. The van der Waals surface area contributed by atoms with Crippen molar-refractivity contribution in [3.05, 3.63) is 105 Å². The highest BCUT2D eigenvalue weighted by atomic mass is 16.2. The van der Waals surface area contributed by atoms with Crippen LogP contribution < -0.4 is 21.5 Å². The average Bonchev–Trinajstić information content (AvgIpc) is 3.30. The minimum atomic E-state index is -0.515. The number of benzene rings is 2. The van der Waals surface area contributed by atoms with E-state index in [-0.39, 0.29) is 5.69 Å². The number of nitrogens with zero attached hydrogens (tertiary/aromatic N) is 1. The van der Waals surface area contributed by atoms with Crippen LogP contribution in [0, 0.1) is 0 Å². The van der Waals surface area contributed by atoms with E-state index in [9.17, 15) is 9.59 Å². The fourth-order valence-corrected chi connectivity index (χ4v) is 4.10. The summed E-state index contributed by atoms with van der Waals surface area (Å²) in [6, 6.07) is 20.4. The summed E-state index contributed by atoms with van der Waals surface area (Å²) >= 11 is 0. The molecule has 0 fully saturated rings. The number of fused-ring (bicyclic) bond motifs is 1. The zero-order valence-corrected chi connectivity index (χ0v) is 19.0. The summed E-state index contributed by atoms with van der Waals surface area (Å²) in [4.78, 5) is 32.2. The van der Waals surface area contributed by atoms with Crippen molar-refractivity contribution in [2.75, 3.05) is 10.6 Å². The number of rotatable bonds is 9. The van der Waals surface area contributed by atoms with Crippen molar-refractivity contribution in [1.29, 1.82) is 0 Å². The Balaban J connectivity index is 1.34. The molecule has 6 nitrogen and oxygen atoms in total. The summed E-state index contributed by atoms with van der Waals surface area (Å²) in [5.74, 6) is 0. The maximum absolute atomic E-state index is 12.3. The van der Waals surface area contributed by atoms with E-state index in [0.717, 1.165) is 28.5 Å². The number of anilines is 3. The molecule has 34 heavy (non-hydrogen) atoms. The molecule has 0 aliphatic heterocycles. The van der Waals surface area contributed by atoms with Crippen LogP contribution in [0.4, 0.5) is 17.1 Å². The number of unbranched alkanes of at least 4 members (excludes halogenated alkanes) is 1. The number of nitrogens with one attached hydrogen (secondary N) is 3. The van der Waals surface area contributed by atoms with Gasteiger partial charge in [0.2, 0.25) is 0 Å². The van der Waals surface area contributed by atoms with Crippen molar-refractivity contribution in [2.24, 2.45) is 0 Å². The molecule has 2 aromatic heterocycles. The Morgan fingerprint density at radius 2 is 1.62 bits per heavy atom. The lowest BCUT2D eigenvalue weighted by Crippen LogP contribution is -2.36. The van der Waals surface area contributed by atoms with Crippen LogP contribution in [0.2, 0.25) is 0 Å². The highest BCUT2D eigenvalue weighted by Gasteiger charge is 2.22. The number of aromatic nitrogens is 2. The van der Waals surface area contributed by atoms with Gasteiger partial charge < -0.3 is 15.6 Å². The quantitative estimate of drug-likeness (QED) is 0.257. The second-order valence-corrected chi connectivity index (χ2v) is 8.50. The van der Waals surface area contributed by atoms with Crippen LogP contribution in [0.5, 0.6) is 0 Å². The molecule has 0 saturated heterocycles. The lowest BCUT2D eigenvalue weighted by Gasteiger charge is -2.15. The van der Waals surface area contributed by atoms with Crippen molar-refractivity contribution >= 4 is 28.1 Å². The summed E-state index contributed by atoms with van der Waals surface area (Å²) in [5, 5.41) is 7.15. The first-order valence-corrected chi connectivity index (χ1v) is 11.6. The minimum absolute atomic E-state index is 0.288. The lowest BCUT2D eigenvalue weighted by atomic mass is 10.1. The molecular weight excluding hydrogens is 424 g/mol. The van der Waals surface area contributed by atoms with Crippen LogP contribution in [0.15, 0.2) is 82.6 Å². The molecule has 170 valence electrons. The molecular formula is C28H26N4O2. The summed E-state index contributed by atoms with van der Waals surface area (Å²) < 4.78 is 0. The molecule has 0 amide bonds. The van der Waals surface area contributed by atoms with Gasteiger partial charge in [0, 0.05) is 29.9 Å². The van der Waals surface area contributed by atoms with Crippen LogP contribution in [0.1, 0.15) is 30.9 Å². The summed E-state index contributed by atoms with van der Waals surface area (Å²) in [6.07, 6.45) is 7.00. The van der Waals surface area contributed by atoms with Crippen molar-refractivity contribution in [1.82, 2.24) is 9.97 Å². The molecule has 2 heterocycles. The van der Waals surface area contributed by atoms with Gasteiger partial charge >= 0.3 is 0 Å². The molecule has 6 heteroatoms. The number of hydrogen-bond acceptors (Lipinski definition) is 5. The standard InChI is InChI=1S/C28H26N4O2/c1-2-3-7-18-10-12-19(13-11-18)15-29-24-25(27(34)26(24)33)32-23-17-31-28-22(23)14-21(16-30-28)20-8-5-4-6-9-20/h4-6,8-14,16-17,29,32H,2-3,7,15H2,1H3,(H,30,31). The lowest BCUT2D eigenvalue weighted by molar-refractivity contribution is 0.794. The SMILES string of the molecule is CCCCc1ccc(CNc2c(Nc3c[nH]c4ncc(-c5ccccc5)cc34)c(=O)c2=O)cc1. The van der Waals surface area contributed by atoms with Gasteiger partial charge in [0.1, 0.15) is 17.0 Å². The first kappa shape index (κ1) is 21.6. The molecule has 0 saturated carbocycles. The third-order valence-corrected chi connectivity index (χ3v) is 6.12. The highest BCUT2D eigenvalue weighted by Crippen LogP contribution is 2.30. The molecule has 0 bridgehead atoms. The fourth-order valence-electron chi connectivity index (χ4n) is 4.10. The van der Waals surface area contributed by atoms with Crippen LogP contribution in [-0.4, -0.2) is 9.97 Å². The first-order chi connectivity index (χ1) is 16.6. The Labute approximate surface area is 197 Å². The molecule has 0 aliphatic carbocycles. The summed E-state index contributed by atoms with van der Waals surface area (Å²) in [5.41, 5.74) is 5.41. The van der Waals surface area contributed by atoms with E-state index in [4.69, 9.17) is 0 Å². The Bertz CT molecular complexity index is 1490. The van der Waals surface area contributed by atoms with Crippen LogP contribution >= 0.6 is 0 Å². The predicted molar refractivity (Wildman–Crippen MR) is 139 cm³/mol. The molecule has 0 atom stereocenters. The van der Waals surface area contributed by atoms with Crippen LogP contribution in [0.25, 0.3) is 22.2 Å². The first-order valence-electron chi connectivity index (χ1n) is 11.6. The van der Waals surface area contributed by atoms with Crippen LogP contribution in [0.3, 0.4) is 0 Å². The van der Waals surface area contributed by atoms with E-state index in [0.29, 0.717) is 23.6 Å². The summed E-state index contributed by atoms with van der Waals surface area (Å²) in [7, 11) is 0. The van der Waals surface area contributed by atoms with Gasteiger partial charge in [0.25, 0.3) is 10.9 Å². The van der Waals surface area contributed by atoms with Crippen molar-refractivity contribution in [2.45, 2.75) is 32.7 Å². The molecule has 0 unspecified atom stereocenters. The fraction of sp³-hybridized carbons (Fsp3) is 0.179. The van der Waals surface area contributed by atoms with Crippen LogP contribution in [-0.2, 0) is 13.0 Å². The van der Waals surface area contributed by atoms with E-state index in [1.807, 2.05) is 42.6 Å². The molecule has 0 aliphatic rings. The Morgan fingerprint density at radius 1 is 0.882 bits per heavy atom. The monoisotopic (exact) mass is 450 g/mol. The number of pyridine rings is 1. The van der Waals surface area contributed by atoms with E-state index < -0.39 is 10.9 Å². The number of aromatic amines is 1. The molecule has 5 aromatic rings. The molecule has 5 rings (SSSR count). The molecule has 0 radical (unpaired) electrons.